The predicted molar refractivity (Wildman–Crippen MR) is 66.4 cm³/mol. The van der Waals surface area contributed by atoms with Gasteiger partial charge < -0.3 is 24.4 Å². The molecule has 0 aliphatic heterocycles. The lowest BCUT2D eigenvalue weighted by molar-refractivity contribution is -0.161. The number of esters is 2. The van der Waals surface area contributed by atoms with Gasteiger partial charge in [-0.1, -0.05) is 0 Å². The molecule has 9 heteroatoms. The Bertz CT molecular complexity index is 354. The van der Waals surface area contributed by atoms with Crippen LogP contribution in [0.25, 0.3) is 0 Å². The van der Waals surface area contributed by atoms with Gasteiger partial charge >= 0.3 is 23.9 Å². The molecule has 0 radical (unpaired) electrons. The van der Waals surface area contributed by atoms with Gasteiger partial charge in [0.15, 0.2) is 12.2 Å². The van der Waals surface area contributed by atoms with Crippen molar-refractivity contribution in [2.45, 2.75) is 37.9 Å². The van der Waals surface area contributed by atoms with Crippen molar-refractivity contribution in [2.24, 2.45) is 0 Å². The van der Waals surface area contributed by atoms with E-state index in [1.165, 1.54) is 14.2 Å². The molecule has 0 amide bonds. The third-order valence-corrected chi connectivity index (χ3v) is 2.57. The van der Waals surface area contributed by atoms with E-state index in [1.807, 2.05) is 0 Å². The molecule has 0 fully saturated rings. The highest BCUT2D eigenvalue weighted by Gasteiger charge is 2.21. The molecule has 2 unspecified atom stereocenters. The standard InChI is InChI=1S/C12H18O9/c1-19-7(11(15)16)3-5-9(13)21-10(14)6-4-8(20-2)12(17)18/h7-8H,3-6H2,1-2H3,(H,15,16)(H,17,18). The Morgan fingerprint density at radius 3 is 1.38 bits per heavy atom. The zero-order valence-corrected chi connectivity index (χ0v) is 11.7. The van der Waals surface area contributed by atoms with Crippen molar-refractivity contribution in [1.29, 1.82) is 0 Å². The number of hydrogen-bond acceptors (Lipinski definition) is 7. The first kappa shape index (κ1) is 19.0. The molecule has 9 nitrogen and oxygen atoms in total. The minimum Gasteiger partial charge on any atom is -0.479 e. The van der Waals surface area contributed by atoms with Crippen LogP contribution in [-0.4, -0.2) is 60.5 Å². The maximum Gasteiger partial charge on any atom is 0.332 e. The van der Waals surface area contributed by atoms with Gasteiger partial charge in [0.1, 0.15) is 0 Å². The van der Waals surface area contributed by atoms with Crippen molar-refractivity contribution in [2.75, 3.05) is 14.2 Å². The molecule has 120 valence electrons. The monoisotopic (exact) mass is 306 g/mol. The summed E-state index contributed by atoms with van der Waals surface area (Å²) in [5.41, 5.74) is 0. The molecule has 0 aliphatic rings. The second-order valence-corrected chi connectivity index (χ2v) is 4.05. The normalized spacial score (nSPS) is 13.2. The van der Waals surface area contributed by atoms with E-state index in [9.17, 15) is 19.2 Å². The third-order valence-electron chi connectivity index (χ3n) is 2.57. The van der Waals surface area contributed by atoms with Gasteiger partial charge in [0.25, 0.3) is 0 Å². The van der Waals surface area contributed by atoms with Gasteiger partial charge in [0.2, 0.25) is 0 Å². The van der Waals surface area contributed by atoms with Gasteiger partial charge in [0, 0.05) is 27.1 Å². The lowest BCUT2D eigenvalue weighted by Gasteiger charge is -2.10. The number of carboxylic acid groups (broad SMARTS) is 2. The van der Waals surface area contributed by atoms with Crippen molar-refractivity contribution < 1.29 is 43.6 Å². The van der Waals surface area contributed by atoms with E-state index < -0.39 is 36.1 Å². The fourth-order valence-corrected chi connectivity index (χ4v) is 1.41. The molecule has 0 saturated heterocycles. The molecule has 0 aromatic carbocycles. The Morgan fingerprint density at radius 2 is 1.14 bits per heavy atom. The number of rotatable bonds is 10. The van der Waals surface area contributed by atoms with Crippen LogP contribution in [0.15, 0.2) is 0 Å². The molecule has 21 heavy (non-hydrogen) atoms. The summed E-state index contributed by atoms with van der Waals surface area (Å²) in [6.45, 7) is 0. The first-order chi connectivity index (χ1) is 9.81. The Hall–Kier alpha value is -2.00. The van der Waals surface area contributed by atoms with Gasteiger partial charge in [-0.15, -0.1) is 0 Å². The summed E-state index contributed by atoms with van der Waals surface area (Å²) in [6, 6.07) is 0. The molecule has 0 heterocycles. The quantitative estimate of drug-likeness (QED) is 0.415. The average molecular weight is 306 g/mol. The molecule has 0 aromatic rings. The summed E-state index contributed by atoms with van der Waals surface area (Å²) in [5.74, 6) is -4.23. The first-order valence-corrected chi connectivity index (χ1v) is 6.06. The minimum absolute atomic E-state index is 0.131. The highest BCUT2D eigenvalue weighted by Crippen LogP contribution is 2.06. The van der Waals surface area contributed by atoms with Crippen molar-refractivity contribution in [3.05, 3.63) is 0 Å². The van der Waals surface area contributed by atoms with Crippen LogP contribution in [0, 0.1) is 0 Å². The number of hydrogen-bond donors (Lipinski definition) is 2. The molecule has 0 rings (SSSR count). The van der Waals surface area contributed by atoms with Crippen molar-refractivity contribution in [1.82, 2.24) is 0 Å². The molecule has 2 N–H and O–H groups in total. The largest absolute Gasteiger partial charge is 0.479 e. The Labute approximate surface area is 120 Å². The van der Waals surface area contributed by atoms with E-state index in [-0.39, 0.29) is 25.7 Å². The van der Waals surface area contributed by atoms with E-state index in [0.717, 1.165) is 0 Å². The second kappa shape index (κ2) is 9.83. The topological polar surface area (TPSA) is 136 Å². The van der Waals surface area contributed by atoms with E-state index in [4.69, 9.17) is 10.2 Å². The van der Waals surface area contributed by atoms with Crippen LogP contribution in [-0.2, 0) is 33.4 Å². The average Bonchev–Trinajstić information content (AvgIpc) is 2.39. The Morgan fingerprint density at radius 1 is 0.810 bits per heavy atom. The van der Waals surface area contributed by atoms with E-state index >= 15 is 0 Å². The molecular formula is C12H18O9. The van der Waals surface area contributed by atoms with Crippen LogP contribution >= 0.6 is 0 Å². The van der Waals surface area contributed by atoms with Gasteiger partial charge in [-0.2, -0.15) is 0 Å². The van der Waals surface area contributed by atoms with E-state index in [2.05, 4.69) is 14.2 Å². The number of carboxylic acids is 2. The molecule has 0 aliphatic carbocycles. The van der Waals surface area contributed by atoms with Crippen LogP contribution in [0.3, 0.4) is 0 Å². The molecular weight excluding hydrogens is 288 g/mol. The molecule has 0 aromatic heterocycles. The number of carbonyl (C=O) groups excluding carboxylic acids is 2. The summed E-state index contributed by atoms with van der Waals surface area (Å²) >= 11 is 0. The van der Waals surface area contributed by atoms with Gasteiger partial charge in [0.05, 0.1) is 0 Å². The third kappa shape index (κ3) is 8.00. The molecule has 0 saturated carbocycles. The van der Waals surface area contributed by atoms with Crippen molar-refractivity contribution in [3.8, 4) is 0 Å². The van der Waals surface area contributed by atoms with Crippen LogP contribution in [0.2, 0.25) is 0 Å². The summed E-state index contributed by atoms with van der Waals surface area (Å²) in [4.78, 5) is 43.9. The number of carbonyl (C=O) groups is 4. The van der Waals surface area contributed by atoms with Gasteiger partial charge in [-0.25, -0.2) is 9.59 Å². The number of ether oxygens (including phenoxy) is 3. The lowest BCUT2D eigenvalue weighted by Crippen LogP contribution is -2.25. The minimum atomic E-state index is -1.22. The first-order valence-electron chi connectivity index (χ1n) is 6.06. The van der Waals surface area contributed by atoms with Crippen molar-refractivity contribution >= 4 is 23.9 Å². The second-order valence-electron chi connectivity index (χ2n) is 4.05. The SMILES string of the molecule is COC(CCC(=O)OC(=O)CCC(OC)C(=O)O)C(=O)O. The fraction of sp³-hybridized carbons (Fsp3) is 0.667. The number of methoxy groups -OCH3 is 2. The fourth-order valence-electron chi connectivity index (χ4n) is 1.41. The summed E-state index contributed by atoms with van der Waals surface area (Å²) < 4.78 is 13.7. The van der Waals surface area contributed by atoms with E-state index in [1.54, 1.807) is 0 Å². The molecule has 2 atom stereocenters. The smallest absolute Gasteiger partial charge is 0.332 e. The van der Waals surface area contributed by atoms with Crippen LogP contribution in [0.1, 0.15) is 25.7 Å². The van der Waals surface area contributed by atoms with Gasteiger partial charge in [-0.05, 0) is 12.8 Å². The van der Waals surface area contributed by atoms with Crippen molar-refractivity contribution in [3.63, 3.8) is 0 Å². The van der Waals surface area contributed by atoms with Crippen LogP contribution < -0.4 is 0 Å². The molecule has 0 spiro atoms. The lowest BCUT2D eigenvalue weighted by atomic mass is 10.2. The van der Waals surface area contributed by atoms with Gasteiger partial charge in [-0.3, -0.25) is 9.59 Å². The molecule has 0 bridgehead atoms. The summed E-state index contributed by atoms with van der Waals surface area (Å²) in [5, 5.41) is 17.4. The maximum absolute atomic E-state index is 11.3. The Kier molecular flexibility index (Phi) is 8.90. The van der Waals surface area contributed by atoms with Crippen LogP contribution in [0.4, 0.5) is 0 Å². The highest BCUT2D eigenvalue weighted by molar-refractivity contribution is 5.86. The van der Waals surface area contributed by atoms with E-state index in [0.29, 0.717) is 0 Å². The zero-order chi connectivity index (χ0) is 16.4. The number of aliphatic carboxylic acids is 2. The predicted octanol–water partition coefficient (Wildman–Crippen LogP) is -0.184. The maximum atomic E-state index is 11.3. The van der Waals surface area contributed by atoms with Crippen LogP contribution in [0.5, 0.6) is 0 Å². The zero-order valence-electron chi connectivity index (χ0n) is 11.7. The highest BCUT2D eigenvalue weighted by atomic mass is 16.6. The summed E-state index contributed by atoms with van der Waals surface area (Å²) in [6.07, 6.45) is -3.18. The summed E-state index contributed by atoms with van der Waals surface area (Å²) in [7, 11) is 2.37. The Balaban J connectivity index is 4.07.